The van der Waals surface area contributed by atoms with Gasteiger partial charge in [0.05, 0.1) is 34.4 Å². The highest BCUT2D eigenvalue weighted by Gasteiger charge is 2.18. The highest BCUT2D eigenvalue weighted by Crippen LogP contribution is 2.31. The molecule has 0 N–H and O–H groups in total. The van der Waals surface area contributed by atoms with Crippen LogP contribution in [0.2, 0.25) is 10.0 Å². The average molecular weight is 1040 g/mol. The fourth-order valence-corrected chi connectivity index (χ4v) is 8.32. The van der Waals surface area contributed by atoms with Crippen molar-refractivity contribution in [3.63, 3.8) is 0 Å². The largest absolute Gasteiger partial charge is 0.494 e. The monoisotopic (exact) mass is 1040 g/mol. The Kier molecular flexibility index (Phi) is 22.7. The Bertz CT molecular complexity index is 2690. The van der Waals surface area contributed by atoms with Crippen LogP contribution >= 0.6 is 23.2 Å². The lowest BCUT2D eigenvalue weighted by Gasteiger charge is -2.10. The topological polar surface area (TPSA) is 124 Å². The lowest BCUT2D eigenvalue weighted by molar-refractivity contribution is -0.130. The van der Waals surface area contributed by atoms with Crippen LogP contribution in [0.15, 0.2) is 132 Å². The molecule has 0 spiro atoms. The molecule has 6 rings (SSSR count). The normalized spacial score (nSPS) is 11.5. The van der Waals surface area contributed by atoms with E-state index in [0.717, 1.165) is 53.7 Å². The molecule has 6 aromatic rings. The number of carbonyl (C=O) groups is 4. The minimum atomic E-state index is -0.695. The Morgan fingerprint density at radius 3 is 1.15 bits per heavy atom. The predicted octanol–water partition coefficient (Wildman–Crippen LogP) is 16.9. The average Bonchev–Trinajstić information content (AvgIpc) is 3.39. The molecule has 0 unspecified atom stereocenters. The van der Waals surface area contributed by atoms with Gasteiger partial charge in [0.25, 0.3) is 0 Å². The number of hydrogen-bond acceptors (Lipinski definition) is 10. The fraction of sp³-hybridized carbons (Fsp3) is 0.323. The van der Waals surface area contributed by atoms with Gasteiger partial charge in [0.2, 0.25) is 0 Å². The Morgan fingerprint density at radius 2 is 0.770 bits per heavy atom. The number of benzene rings is 6. The molecule has 0 saturated heterocycles. The first kappa shape index (κ1) is 56.4. The summed E-state index contributed by atoms with van der Waals surface area (Å²) >= 11 is 13.0. The summed E-state index contributed by atoms with van der Waals surface area (Å²) in [5, 5.41) is 1.51. The third-order valence-corrected chi connectivity index (χ3v) is 12.7. The highest BCUT2D eigenvalue weighted by molar-refractivity contribution is 6.33. The Hall–Kier alpha value is -6.88. The minimum absolute atomic E-state index is 0.0462. The molecule has 0 aliphatic rings. The summed E-state index contributed by atoms with van der Waals surface area (Å²) in [5.41, 5.74) is 2.59. The number of rotatable bonds is 28. The highest BCUT2D eigenvalue weighted by atomic mass is 35.5. The van der Waals surface area contributed by atoms with Crippen molar-refractivity contribution in [1.29, 1.82) is 0 Å². The zero-order valence-electron chi connectivity index (χ0n) is 42.9. The van der Waals surface area contributed by atoms with E-state index in [9.17, 15) is 19.2 Å². The molecule has 0 aliphatic carbocycles. The van der Waals surface area contributed by atoms with Gasteiger partial charge in [0.1, 0.15) is 34.5 Å². The molecule has 74 heavy (non-hydrogen) atoms. The maximum atomic E-state index is 13.2. The molecule has 0 bridgehead atoms. The van der Waals surface area contributed by atoms with Gasteiger partial charge in [-0.05, 0) is 146 Å². The van der Waals surface area contributed by atoms with Gasteiger partial charge in [-0.15, -0.1) is 0 Å². The van der Waals surface area contributed by atoms with E-state index in [1.165, 1.54) is 101 Å². The van der Waals surface area contributed by atoms with Gasteiger partial charge in [-0.2, -0.15) is 0 Å². The second-order valence-electron chi connectivity index (χ2n) is 18.3. The summed E-state index contributed by atoms with van der Waals surface area (Å²) in [5.74, 6) is -0.411. The van der Waals surface area contributed by atoms with Crippen LogP contribution in [0.3, 0.4) is 0 Å². The van der Waals surface area contributed by atoms with E-state index in [1.54, 1.807) is 62.4 Å². The van der Waals surface area contributed by atoms with Crippen LogP contribution < -0.4 is 28.4 Å². The Labute approximate surface area is 445 Å². The number of carbonyl (C=O) groups excluding carboxylic acids is 4. The maximum Gasteiger partial charge on any atom is 0.343 e. The second kappa shape index (κ2) is 29.7. The van der Waals surface area contributed by atoms with E-state index >= 15 is 0 Å². The molecule has 0 fully saturated rings. The van der Waals surface area contributed by atoms with E-state index in [4.69, 9.17) is 51.6 Å². The molecule has 10 nitrogen and oxygen atoms in total. The zero-order chi connectivity index (χ0) is 52.7. The third kappa shape index (κ3) is 18.3. The smallest absolute Gasteiger partial charge is 0.343 e. The van der Waals surface area contributed by atoms with Crippen molar-refractivity contribution in [2.45, 2.75) is 118 Å². The number of halogens is 2. The predicted molar refractivity (Wildman–Crippen MR) is 295 cm³/mol. The first-order valence-electron chi connectivity index (χ1n) is 25.7. The quantitative estimate of drug-likeness (QED) is 0.0203. The summed E-state index contributed by atoms with van der Waals surface area (Å²) in [6, 6.07) is 33.6. The molecule has 0 amide bonds. The molecule has 0 aliphatic heterocycles. The molecule has 12 heteroatoms. The van der Waals surface area contributed by atoms with Crippen LogP contribution in [-0.4, -0.2) is 37.1 Å². The van der Waals surface area contributed by atoms with Crippen LogP contribution in [0, 0.1) is 0 Å². The summed E-state index contributed by atoms with van der Waals surface area (Å²) in [7, 11) is 0. The van der Waals surface area contributed by atoms with Crippen LogP contribution in [-0.2, 0) is 9.59 Å². The van der Waals surface area contributed by atoms with Crippen LogP contribution in [0.25, 0.3) is 22.9 Å². The number of fused-ring (bicyclic) bond motifs is 1. The molecule has 0 saturated carbocycles. The number of hydrogen-bond donors (Lipinski definition) is 0. The lowest BCUT2D eigenvalue weighted by atomic mass is 10.1. The van der Waals surface area contributed by atoms with Crippen molar-refractivity contribution in [2.24, 2.45) is 0 Å². The second-order valence-corrected chi connectivity index (χ2v) is 19.1. The van der Waals surface area contributed by atoms with E-state index in [2.05, 4.69) is 13.8 Å². The standard InChI is InChI=1S/C62H66Cl2O10/c1-5-7-9-11-13-15-17-35-69-51-27-19-45(20-28-51)37-43(3)59(65)73-57-33-25-48(41-55(57)63)61(67)71-53-31-23-47-24-32-54(40-50(47)39-53)72-62(68)49-26-34-58(56(64)42-49)74-60(66)44(4)38-46-21-29-52(30-22-46)70-36-18-16-14-12-10-8-6-2/h19-34,37-42H,5-18,35-36H2,1-4H3/b43-37+,44-38+. The number of unbranched alkanes of at least 4 members (excludes halogenated alkanes) is 12. The van der Waals surface area contributed by atoms with Gasteiger partial charge in [-0.25, -0.2) is 19.2 Å². The summed E-state index contributed by atoms with van der Waals surface area (Å²) in [6.07, 6.45) is 20.5. The van der Waals surface area contributed by atoms with Crippen molar-refractivity contribution < 1.29 is 47.6 Å². The summed E-state index contributed by atoms with van der Waals surface area (Å²) in [6.45, 7) is 9.08. The Morgan fingerprint density at radius 1 is 0.405 bits per heavy atom. The van der Waals surface area contributed by atoms with Gasteiger partial charge < -0.3 is 28.4 Å². The third-order valence-electron chi connectivity index (χ3n) is 12.1. The maximum absolute atomic E-state index is 13.2. The van der Waals surface area contributed by atoms with Gasteiger partial charge in [-0.3, -0.25) is 0 Å². The van der Waals surface area contributed by atoms with Gasteiger partial charge in [0.15, 0.2) is 0 Å². The van der Waals surface area contributed by atoms with Crippen molar-refractivity contribution in [3.05, 3.63) is 165 Å². The van der Waals surface area contributed by atoms with Gasteiger partial charge in [-0.1, -0.05) is 150 Å². The zero-order valence-corrected chi connectivity index (χ0v) is 44.4. The van der Waals surface area contributed by atoms with E-state index < -0.39 is 23.9 Å². The van der Waals surface area contributed by atoms with Crippen LogP contribution in [0.1, 0.15) is 149 Å². The van der Waals surface area contributed by atoms with Gasteiger partial charge >= 0.3 is 23.9 Å². The fourth-order valence-electron chi connectivity index (χ4n) is 7.88. The first-order chi connectivity index (χ1) is 35.9. The molecule has 388 valence electrons. The summed E-state index contributed by atoms with van der Waals surface area (Å²) < 4.78 is 34.3. The molecule has 0 heterocycles. The molecular formula is C62H66Cl2O10. The first-order valence-corrected chi connectivity index (χ1v) is 26.5. The minimum Gasteiger partial charge on any atom is -0.494 e. The van der Waals surface area contributed by atoms with E-state index in [0.29, 0.717) is 29.7 Å². The molecular weight excluding hydrogens is 976 g/mol. The van der Waals surface area contributed by atoms with Gasteiger partial charge in [0, 0.05) is 11.1 Å². The summed E-state index contributed by atoms with van der Waals surface area (Å²) in [4.78, 5) is 52.5. The molecule has 0 radical (unpaired) electrons. The number of esters is 4. The van der Waals surface area contributed by atoms with Crippen LogP contribution in [0.4, 0.5) is 0 Å². The molecule has 6 aromatic carbocycles. The van der Waals surface area contributed by atoms with Crippen molar-refractivity contribution >= 4 is 70.0 Å². The van der Waals surface area contributed by atoms with Crippen LogP contribution in [0.5, 0.6) is 34.5 Å². The SMILES string of the molecule is CCCCCCCCCOc1ccc(/C=C(\C)C(=O)Oc2ccc(C(=O)Oc3ccc4ccc(OC(=O)c5ccc(OC(=O)/C(C)=C/c6ccc(OCCCCCCCCC)cc6)c(Cl)c5)cc4c3)cc2Cl)cc1. The van der Waals surface area contributed by atoms with Crippen molar-refractivity contribution in [3.8, 4) is 34.5 Å². The lowest BCUT2D eigenvalue weighted by Crippen LogP contribution is -2.11. The number of ether oxygens (including phenoxy) is 6. The van der Waals surface area contributed by atoms with E-state index in [-0.39, 0.29) is 44.2 Å². The Balaban J connectivity index is 0.962. The van der Waals surface area contributed by atoms with E-state index in [1.807, 2.05) is 48.5 Å². The molecule has 0 aromatic heterocycles. The van der Waals surface area contributed by atoms with Crippen molar-refractivity contribution in [1.82, 2.24) is 0 Å². The van der Waals surface area contributed by atoms with Crippen molar-refractivity contribution in [2.75, 3.05) is 13.2 Å². The molecule has 0 atom stereocenters.